The van der Waals surface area contributed by atoms with E-state index in [0.29, 0.717) is 19.3 Å². The Hall–Kier alpha value is -1.52. The number of aliphatic hydroxyl groups is 4. The van der Waals surface area contributed by atoms with Crippen molar-refractivity contribution in [1.82, 2.24) is 0 Å². The highest BCUT2D eigenvalue weighted by Crippen LogP contribution is 2.44. The Morgan fingerprint density at radius 3 is 1.84 bits per heavy atom. The molecule has 0 aromatic rings. The van der Waals surface area contributed by atoms with Crippen LogP contribution in [0.3, 0.4) is 0 Å². The van der Waals surface area contributed by atoms with Crippen LogP contribution in [0, 0.1) is 17.8 Å². The summed E-state index contributed by atoms with van der Waals surface area (Å²) in [5, 5.41) is 41.1. The van der Waals surface area contributed by atoms with Crippen molar-refractivity contribution in [3.05, 3.63) is 24.3 Å². The Morgan fingerprint density at radius 1 is 0.689 bits per heavy atom. The van der Waals surface area contributed by atoms with Gasteiger partial charge in [0.15, 0.2) is 6.10 Å². The monoisotopic (exact) mass is 914 g/mol. The minimum absolute atomic E-state index is 0.0686. The third kappa shape index (κ3) is 31.9. The van der Waals surface area contributed by atoms with Gasteiger partial charge in [-0.25, -0.2) is 9.13 Å². The lowest BCUT2D eigenvalue weighted by Gasteiger charge is -2.20. The van der Waals surface area contributed by atoms with Crippen LogP contribution < -0.4 is 0 Å². The maximum Gasteiger partial charge on any atom is 0.472 e. The van der Waals surface area contributed by atoms with Gasteiger partial charge >= 0.3 is 27.6 Å². The van der Waals surface area contributed by atoms with Crippen LogP contribution in [0.4, 0.5) is 0 Å². The number of aliphatic hydroxyl groups excluding tert-OH is 4. The Morgan fingerprint density at radius 2 is 1.25 bits per heavy atom. The Kier molecular flexibility index (Phi) is 32.0. The molecule has 1 unspecified atom stereocenters. The van der Waals surface area contributed by atoms with Crippen LogP contribution in [0.25, 0.3) is 0 Å². The molecule has 1 rings (SSSR count). The molecule has 0 aromatic heterocycles. The fraction of sp³-hybridized carbons (Fsp3) is 0.860. The Balaban J connectivity index is 2.59. The van der Waals surface area contributed by atoms with Crippen molar-refractivity contribution in [2.24, 2.45) is 17.8 Å². The van der Waals surface area contributed by atoms with Crippen molar-refractivity contribution in [3.8, 4) is 0 Å². The van der Waals surface area contributed by atoms with Crippen LogP contribution in [-0.4, -0.2) is 104 Å². The number of rotatable bonds is 38. The van der Waals surface area contributed by atoms with Gasteiger partial charge in [0, 0.05) is 18.8 Å². The van der Waals surface area contributed by atoms with Crippen molar-refractivity contribution in [1.29, 1.82) is 0 Å². The summed E-state index contributed by atoms with van der Waals surface area (Å²) in [5.41, 5.74) is 0. The highest BCUT2D eigenvalue weighted by molar-refractivity contribution is 7.47. The SMILES string of the molecule is CCCCC[C@@H](O)/C=C/[C@@H]1[C@H](C/C=C\CC(=O)OC[C@H](COP(=O)(O)OC[C@@H](O)COP(=O)(O)O)OC(=O)CCCCCCCCCCCCCCCC(C)C)[C@@H](O)C[C@H]1O. The Bertz CT molecular complexity index is 1310. The molecule has 0 saturated heterocycles. The first-order valence-electron chi connectivity index (χ1n) is 22.6. The average Bonchev–Trinajstić information content (AvgIpc) is 3.46. The van der Waals surface area contributed by atoms with Crippen LogP contribution in [0.1, 0.15) is 162 Å². The van der Waals surface area contributed by atoms with E-state index in [2.05, 4.69) is 29.8 Å². The van der Waals surface area contributed by atoms with E-state index < -0.39 is 84.5 Å². The summed E-state index contributed by atoms with van der Waals surface area (Å²) < 4.78 is 47.8. The summed E-state index contributed by atoms with van der Waals surface area (Å²) >= 11 is 0. The second-order valence-corrected chi connectivity index (χ2v) is 19.5. The molecule has 8 atom stereocenters. The molecule has 18 heteroatoms. The number of ether oxygens (including phenoxy) is 2. The summed E-state index contributed by atoms with van der Waals surface area (Å²) in [7, 11) is -9.78. The maximum absolute atomic E-state index is 12.7. The largest absolute Gasteiger partial charge is 0.472 e. The van der Waals surface area contributed by atoms with E-state index in [-0.39, 0.29) is 31.1 Å². The summed E-state index contributed by atoms with van der Waals surface area (Å²) in [6.07, 6.45) is 21.7. The molecule has 7 N–H and O–H groups in total. The van der Waals surface area contributed by atoms with Gasteiger partial charge in [-0.1, -0.05) is 148 Å². The first kappa shape index (κ1) is 57.5. The quantitative estimate of drug-likeness (QED) is 0.0135. The van der Waals surface area contributed by atoms with Gasteiger partial charge in [-0.15, -0.1) is 0 Å². The molecule has 0 bridgehead atoms. The predicted molar refractivity (Wildman–Crippen MR) is 232 cm³/mol. The van der Waals surface area contributed by atoms with Crippen molar-refractivity contribution < 1.29 is 76.9 Å². The molecule has 0 radical (unpaired) electrons. The zero-order valence-corrected chi connectivity index (χ0v) is 38.8. The van der Waals surface area contributed by atoms with Gasteiger partial charge in [0.2, 0.25) is 0 Å². The van der Waals surface area contributed by atoms with E-state index in [0.717, 1.165) is 50.9 Å². The molecule has 0 amide bonds. The van der Waals surface area contributed by atoms with Crippen molar-refractivity contribution in [2.45, 2.75) is 193 Å². The third-order valence-electron chi connectivity index (χ3n) is 10.6. The van der Waals surface area contributed by atoms with Crippen LogP contribution >= 0.6 is 15.6 Å². The molecule has 1 aliphatic rings. The topological polar surface area (TPSA) is 256 Å². The molecular weight excluding hydrogens is 834 g/mol. The van der Waals surface area contributed by atoms with Crippen molar-refractivity contribution in [2.75, 3.05) is 26.4 Å². The first-order chi connectivity index (χ1) is 28.9. The molecule has 16 nitrogen and oxygen atoms in total. The minimum atomic E-state index is -4.90. The zero-order chi connectivity index (χ0) is 45.5. The van der Waals surface area contributed by atoms with E-state index in [4.69, 9.17) is 23.8 Å². The summed E-state index contributed by atoms with van der Waals surface area (Å²) in [6, 6.07) is 0. The summed E-state index contributed by atoms with van der Waals surface area (Å²) in [4.78, 5) is 53.0. The number of hydrogen-bond donors (Lipinski definition) is 7. The molecule has 0 aromatic carbocycles. The standard InChI is InChI=1S/C43H80O16P2/c1-4-5-17-23-35(44)27-28-39-38(40(46)29-41(39)47)24-20-21-25-42(48)55-32-37(33-58-61(53,54)57-31-36(45)30-56-60(50,51)52)59-43(49)26-19-16-14-12-10-8-6-7-9-11-13-15-18-22-34(2)3/h20-21,27-28,34-41,44-47H,4-19,22-26,29-33H2,1-3H3,(H,53,54)(H2,50,51,52)/b21-20-,28-27+/t35-,36+,37-,38+,39-,40+,41-/m1/s1. The molecule has 1 aliphatic carbocycles. The van der Waals surface area contributed by atoms with E-state index in [1.807, 2.05) is 0 Å². The van der Waals surface area contributed by atoms with Crippen molar-refractivity contribution in [3.63, 3.8) is 0 Å². The van der Waals surface area contributed by atoms with Gasteiger partial charge in [-0.2, -0.15) is 0 Å². The molecule has 0 aliphatic heterocycles. The molecule has 1 saturated carbocycles. The van der Waals surface area contributed by atoms with Crippen LogP contribution in [0.2, 0.25) is 0 Å². The number of allylic oxidation sites excluding steroid dienone is 1. The van der Waals surface area contributed by atoms with Gasteiger partial charge in [-0.3, -0.25) is 23.2 Å². The number of phosphoric acid groups is 2. The van der Waals surface area contributed by atoms with Crippen LogP contribution in [0.5, 0.6) is 0 Å². The number of hydrogen-bond acceptors (Lipinski definition) is 13. The normalized spacial score (nSPS) is 21.0. The highest BCUT2D eigenvalue weighted by atomic mass is 31.2. The molecule has 0 spiro atoms. The smallest absolute Gasteiger partial charge is 0.461 e. The summed E-state index contributed by atoms with van der Waals surface area (Å²) in [6.45, 7) is 3.61. The zero-order valence-electron chi connectivity index (χ0n) is 37.0. The molecular formula is C43H80O16P2. The van der Waals surface area contributed by atoms with E-state index in [1.165, 1.54) is 57.8 Å². The van der Waals surface area contributed by atoms with Gasteiger partial charge < -0.3 is 44.6 Å². The number of esters is 2. The molecule has 61 heavy (non-hydrogen) atoms. The number of phosphoric ester groups is 2. The van der Waals surface area contributed by atoms with Gasteiger partial charge in [0.05, 0.1) is 44.6 Å². The molecule has 358 valence electrons. The van der Waals surface area contributed by atoms with E-state index in [9.17, 15) is 44.0 Å². The fourth-order valence-electron chi connectivity index (χ4n) is 7.09. The fourth-order valence-corrected chi connectivity index (χ4v) is 8.25. The van der Waals surface area contributed by atoms with Crippen molar-refractivity contribution >= 4 is 27.6 Å². The van der Waals surface area contributed by atoms with Crippen LogP contribution in [-0.2, 0) is 41.8 Å². The average molecular weight is 915 g/mol. The van der Waals surface area contributed by atoms with Gasteiger partial charge in [0.25, 0.3) is 0 Å². The Labute approximate surface area is 364 Å². The second-order valence-electron chi connectivity index (χ2n) is 16.8. The van der Waals surface area contributed by atoms with E-state index >= 15 is 0 Å². The summed E-state index contributed by atoms with van der Waals surface area (Å²) in [5.74, 6) is -1.24. The molecule has 0 heterocycles. The third-order valence-corrected chi connectivity index (χ3v) is 12.0. The lowest BCUT2D eigenvalue weighted by molar-refractivity contribution is -0.160. The lowest BCUT2D eigenvalue weighted by Crippen LogP contribution is -2.29. The number of carbonyl (C=O) groups is 2. The number of unbranched alkanes of at least 4 members (excludes halogenated alkanes) is 14. The van der Waals surface area contributed by atoms with E-state index in [1.54, 1.807) is 24.3 Å². The maximum atomic E-state index is 12.7. The van der Waals surface area contributed by atoms with Gasteiger partial charge in [-0.05, 0) is 31.1 Å². The first-order valence-corrected chi connectivity index (χ1v) is 25.7. The lowest BCUT2D eigenvalue weighted by atomic mass is 9.89. The minimum Gasteiger partial charge on any atom is -0.461 e. The number of carbonyl (C=O) groups excluding carboxylic acids is 2. The highest BCUT2D eigenvalue weighted by Gasteiger charge is 2.39. The molecule has 1 fully saturated rings. The van der Waals surface area contributed by atoms with Gasteiger partial charge in [0.1, 0.15) is 12.7 Å². The second kappa shape index (κ2) is 33.9. The predicted octanol–water partition coefficient (Wildman–Crippen LogP) is 7.74. The van der Waals surface area contributed by atoms with Crippen LogP contribution in [0.15, 0.2) is 24.3 Å².